The van der Waals surface area contributed by atoms with Crippen LogP contribution in [-0.4, -0.2) is 64.9 Å². The number of carbonyl (C=O) groups excluding carboxylic acids is 2. The van der Waals surface area contributed by atoms with Crippen molar-refractivity contribution in [2.75, 3.05) is 23.9 Å². The fourth-order valence-electron chi connectivity index (χ4n) is 5.61. The second-order valence-corrected chi connectivity index (χ2v) is 16.8. The lowest BCUT2D eigenvalue weighted by Crippen LogP contribution is -2.31. The first-order chi connectivity index (χ1) is 29.4. The number of nitriles is 2. The van der Waals surface area contributed by atoms with E-state index in [1.807, 2.05) is 0 Å². The Labute approximate surface area is 373 Å². The van der Waals surface area contributed by atoms with Crippen LogP contribution in [-0.2, 0) is 34.0 Å². The molecule has 0 spiro atoms. The third-order valence-corrected chi connectivity index (χ3v) is 11.9. The molecule has 64 heavy (non-hydrogen) atoms. The van der Waals surface area contributed by atoms with Crippen molar-refractivity contribution in [3.8, 4) is 23.5 Å². The Morgan fingerprint density at radius 2 is 0.844 bits per heavy atom. The highest BCUT2D eigenvalue weighted by molar-refractivity contribution is 7.86. The molecule has 30 heteroatoms. The van der Waals surface area contributed by atoms with Gasteiger partial charge in [-0.3, -0.25) is 19.4 Å². The van der Waals surface area contributed by atoms with E-state index < -0.39 is 143 Å². The number of amides is 2. The van der Waals surface area contributed by atoms with Gasteiger partial charge in [0.05, 0.1) is 31.2 Å². The van der Waals surface area contributed by atoms with Crippen molar-refractivity contribution in [1.82, 2.24) is 19.6 Å². The van der Waals surface area contributed by atoms with Gasteiger partial charge in [-0.25, -0.2) is 17.8 Å². The zero-order chi connectivity index (χ0) is 48.3. The maximum absolute atomic E-state index is 13.9. The lowest BCUT2D eigenvalue weighted by atomic mass is 10.1. The smallest absolute Gasteiger partial charge is 0.295 e. The van der Waals surface area contributed by atoms with E-state index in [9.17, 15) is 81.2 Å². The number of carbonyl (C=O) groups is 2. The van der Waals surface area contributed by atoms with Gasteiger partial charge < -0.3 is 0 Å². The van der Waals surface area contributed by atoms with Crippen LogP contribution in [0.3, 0.4) is 0 Å². The molecule has 0 bridgehead atoms. The summed E-state index contributed by atoms with van der Waals surface area (Å²) in [6.45, 7) is 0. The van der Waals surface area contributed by atoms with Crippen LogP contribution in [0.25, 0.3) is 11.4 Å². The molecule has 0 N–H and O–H groups in total. The largest absolute Gasteiger partial charge is 0.476 e. The molecule has 5 rings (SSSR count). The maximum atomic E-state index is 13.9. The van der Waals surface area contributed by atoms with Gasteiger partial charge in [-0.15, -0.1) is 0 Å². The molecular weight excluding hydrogens is 1020 g/mol. The lowest BCUT2D eigenvalue weighted by molar-refractivity contribution is -0.138. The predicted octanol–water partition coefficient (Wildman–Crippen LogP) is 10.3. The molecule has 5 aromatic rings. The van der Waals surface area contributed by atoms with Crippen LogP contribution in [0.4, 0.5) is 64.3 Å². The van der Waals surface area contributed by atoms with Gasteiger partial charge in [-0.2, -0.15) is 73.4 Å². The van der Waals surface area contributed by atoms with Gasteiger partial charge in [0.1, 0.15) is 33.3 Å². The third kappa shape index (κ3) is 9.38. The Morgan fingerprint density at radius 1 is 0.578 bits per heavy atom. The van der Waals surface area contributed by atoms with Gasteiger partial charge in [0, 0.05) is 25.2 Å². The molecule has 3 aromatic carbocycles. The molecule has 0 aliphatic carbocycles. The van der Waals surface area contributed by atoms with Crippen molar-refractivity contribution >= 4 is 91.5 Å². The summed E-state index contributed by atoms with van der Waals surface area (Å²) in [6.07, 6.45) is -10.1. The van der Waals surface area contributed by atoms with Crippen molar-refractivity contribution in [1.29, 1.82) is 10.5 Å². The number of hydrogen-bond acceptors (Lipinski definition) is 8. The van der Waals surface area contributed by atoms with Crippen molar-refractivity contribution in [2.45, 2.75) is 33.2 Å². The monoisotopic (exact) mass is 1030 g/mol. The van der Waals surface area contributed by atoms with Crippen LogP contribution < -0.4 is 9.80 Å². The van der Waals surface area contributed by atoms with E-state index >= 15 is 0 Å². The van der Waals surface area contributed by atoms with E-state index in [0.29, 0.717) is 34.1 Å². The Bertz CT molecular complexity index is 2650. The summed E-state index contributed by atoms with van der Waals surface area (Å²) < 4.78 is 191. The summed E-state index contributed by atoms with van der Waals surface area (Å²) in [4.78, 5) is 25.4. The van der Waals surface area contributed by atoms with E-state index in [1.54, 1.807) is 0 Å². The highest BCUT2D eigenvalue weighted by atomic mass is 35.5. The highest BCUT2D eigenvalue weighted by Gasteiger charge is 2.46. The molecule has 2 heterocycles. The number of rotatable bonds is 8. The van der Waals surface area contributed by atoms with Gasteiger partial charge in [0.2, 0.25) is 0 Å². The summed E-state index contributed by atoms with van der Waals surface area (Å²) >= 11 is 24.3. The zero-order valence-electron chi connectivity index (χ0n) is 30.7. The molecule has 2 amide bonds. The van der Waals surface area contributed by atoms with Crippen molar-refractivity contribution in [2.24, 2.45) is 0 Å². The fraction of sp³-hybridized carbons (Fsp3) is 0.176. The number of benzene rings is 3. The first kappa shape index (κ1) is 49.6. The SMILES string of the molecule is CN(C(=O)c1ccc(C(=O)N(C)c2c(S(=O)C(F)(F)F)c(C#N)nn2-c2c(Cl)cc(C(F)(F)F)cc2Cl)cc1)c1c(S(=O)C(F)(F)F)c(C#N)nn1-c1c(Cl)cc(C(F)(F)F)cc1Cl. The quantitative estimate of drug-likeness (QED) is 0.139. The molecule has 0 saturated carbocycles. The van der Waals surface area contributed by atoms with Crippen LogP contribution in [0.2, 0.25) is 20.1 Å². The molecular formula is C34H14Cl4F12N8O4S2. The number of halogens is 16. The molecule has 338 valence electrons. The van der Waals surface area contributed by atoms with Crippen molar-refractivity contribution < 1.29 is 70.7 Å². The van der Waals surface area contributed by atoms with Crippen LogP contribution >= 0.6 is 46.4 Å². The number of alkyl halides is 12. The Hall–Kier alpha value is -5.38. The first-order valence-corrected chi connectivity index (χ1v) is 20.0. The summed E-state index contributed by atoms with van der Waals surface area (Å²) in [5.41, 5.74) is -19.4. The molecule has 2 unspecified atom stereocenters. The average molecular weight is 1030 g/mol. The van der Waals surface area contributed by atoms with E-state index in [-0.39, 0.29) is 9.36 Å². The number of aromatic nitrogens is 4. The number of nitrogens with zero attached hydrogens (tertiary/aromatic N) is 8. The van der Waals surface area contributed by atoms with E-state index in [0.717, 1.165) is 38.4 Å². The minimum absolute atomic E-state index is 0.267. The van der Waals surface area contributed by atoms with Gasteiger partial charge in [0.15, 0.2) is 44.6 Å². The van der Waals surface area contributed by atoms with Crippen LogP contribution in [0, 0.1) is 22.7 Å². The molecule has 0 aliphatic rings. The van der Waals surface area contributed by atoms with Gasteiger partial charge in [-0.1, -0.05) is 46.4 Å². The van der Waals surface area contributed by atoms with Crippen LogP contribution in [0.1, 0.15) is 43.2 Å². The van der Waals surface area contributed by atoms with Crippen molar-refractivity contribution in [3.05, 3.63) is 102 Å². The molecule has 2 atom stereocenters. The normalized spacial score (nSPS) is 13.2. The fourth-order valence-corrected chi connectivity index (χ4v) is 8.67. The molecule has 0 aliphatic heterocycles. The molecule has 12 nitrogen and oxygen atoms in total. The number of anilines is 2. The maximum Gasteiger partial charge on any atom is 0.476 e. The second-order valence-electron chi connectivity index (χ2n) is 12.4. The number of hydrogen-bond donors (Lipinski definition) is 0. The van der Waals surface area contributed by atoms with Gasteiger partial charge >= 0.3 is 23.4 Å². The van der Waals surface area contributed by atoms with E-state index in [1.165, 1.54) is 12.1 Å². The lowest BCUT2D eigenvalue weighted by Gasteiger charge is -2.23. The van der Waals surface area contributed by atoms with E-state index in [4.69, 9.17) is 46.4 Å². The summed E-state index contributed by atoms with van der Waals surface area (Å²) in [6, 6.07) is 6.89. The molecule has 0 saturated heterocycles. The Morgan fingerprint density at radius 3 is 1.06 bits per heavy atom. The summed E-state index contributed by atoms with van der Waals surface area (Å²) in [5.74, 6) is -5.01. The van der Waals surface area contributed by atoms with E-state index in [2.05, 4.69) is 10.2 Å². The Balaban J connectivity index is 1.63. The highest BCUT2D eigenvalue weighted by Crippen LogP contribution is 2.44. The molecule has 2 aromatic heterocycles. The standard InChI is InChI=1S/C34H14Cl4F12N8O4S2/c1-55(27-25(63(61)33(45,46)47)21(11-51)53-57(27)23-17(35)7-15(8-18(23)36)31(39,40)41)29(59)13-3-5-14(6-4-13)30(60)56(2)28-26(64(62)34(48,49)50)22(12-52)54-58(28)24-19(37)9-16(10-20(24)38)32(42,43)44/h3-10H,1-2H3. The third-order valence-electron chi connectivity index (χ3n) is 8.38. The summed E-state index contributed by atoms with van der Waals surface area (Å²) in [7, 11) is -6.84. The topological polar surface area (TPSA) is 158 Å². The summed E-state index contributed by atoms with van der Waals surface area (Å²) in [5, 5.41) is 22.9. The zero-order valence-corrected chi connectivity index (χ0v) is 35.4. The molecule has 0 fully saturated rings. The first-order valence-electron chi connectivity index (χ1n) is 16.2. The second kappa shape index (κ2) is 17.5. The minimum atomic E-state index is -5.64. The minimum Gasteiger partial charge on any atom is -0.295 e. The van der Waals surface area contributed by atoms with Crippen LogP contribution in [0.5, 0.6) is 0 Å². The van der Waals surface area contributed by atoms with Crippen LogP contribution in [0.15, 0.2) is 58.3 Å². The predicted molar refractivity (Wildman–Crippen MR) is 203 cm³/mol. The van der Waals surface area contributed by atoms with Crippen molar-refractivity contribution in [3.63, 3.8) is 0 Å². The molecule has 0 radical (unpaired) electrons. The Kier molecular flexibility index (Phi) is 13.6. The average Bonchev–Trinajstić information content (AvgIpc) is 3.75. The van der Waals surface area contributed by atoms with Gasteiger partial charge in [0.25, 0.3) is 11.8 Å². The van der Waals surface area contributed by atoms with Gasteiger partial charge in [-0.05, 0) is 48.5 Å².